The first kappa shape index (κ1) is 20.6. The van der Waals surface area contributed by atoms with Crippen LogP contribution in [0.3, 0.4) is 0 Å². The SMILES string of the molecule is CCc1cnc(CCNC(=NC)N(C)Cc2ccc(N3CCCCC3)cc2)s1. The van der Waals surface area contributed by atoms with E-state index in [-0.39, 0.29) is 0 Å². The molecular formula is C22H33N5S. The lowest BCUT2D eigenvalue weighted by Crippen LogP contribution is -2.39. The molecule has 5 nitrogen and oxygen atoms in total. The molecule has 0 bridgehead atoms. The van der Waals surface area contributed by atoms with Gasteiger partial charge in [-0.25, -0.2) is 4.98 Å². The van der Waals surface area contributed by atoms with E-state index in [2.05, 4.69) is 63.3 Å². The van der Waals surface area contributed by atoms with Gasteiger partial charge in [-0.15, -0.1) is 11.3 Å². The van der Waals surface area contributed by atoms with E-state index in [1.807, 2.05) is 24.6 Å². The molecule has 1 aromatic carbocycles. The molecule has 0 aliphatic carbocycles. The maximum atomic E-state index is 4.49. The zero-order valence-electron chi connectivity index (χ0n) is 17.4. The largest absolute Gasteiger partial charge is 0.372 e. The number of piperidine rings is 1. The van der Waals surface area contributed by atoms with E-state index in [1.54, 1.807) is 0 Å². The van der Waals surface area contributed by atoms with E-state index in [0.717, 1.165) is 31.9 Å². The molecule has 1 aliphatic rings. The summed E-state index contributed by atoms with van der Waals surface area (Å²) in [6.07, 6.45) is 7.98. The lowest BCUT2D eigenvalue weighted by atomic mass is 10.1. The summed E-state index contributed by atoms with van der Waals surface area (Å²) in [7, 11) is 3.93. The Labute approximate surface area is 173 Å². The van der Waals surface area contributed by atoms with Gasteiger partial charge in [0.25, 0.3) is 0 Å². The average Bonchev–Trinajstić information content (AvgIpc) is 3.20. The van der Waals surface area contributed by atoms with Gasteiger partial charge in [0.05, 0.1) is 5.01 Å². The van der Waals surface area contributed by atoms with Gasteiger partial charge in [-0.1, -0.05) is 19.1 Å². The van der Waals surface area contributed by atoms with Crippen LogP contribution in [0.25, 0.3) is 0 Å². The normalized spacial score (nSPS) is 15.0. The number of nitrogens with zero attached hydrogens (tertiary/aromatic N) is 4. The number of nitrogens with one attached hydrogen (secondary N) is 1. The molecule has 1 saturated heterocycles. The van der Waals surface area contributed by atoms with Crippen molar-refractivity contribution < 1.29 is 0 Å². The highest BCUT2D eigenvalue weighted by atomic mass is 32.1. The van der Waals surface area contributed by atoms with Crippen LogP contribution in [0.4, 0.5) is 5.69 Å². The Morgan fingerprint density at radius 2 is 1.96 bits per heavy atom. The van der Waals surface area contributed by atoms with Crippen molar-refractivity contribution in [2.24, 2.45) is 4.99 Å². The van der Waals surface area contributed by atoms with Crippen molar-refractivity contribution >= 4 is 23.0 Å². The Hall–Kier alpha value is -2.08. The molecule has 1 aromatic heterocycles. The number of aryl methyl sites for hydroxylation is 1. The number of rotatable bonds is 7. The zero-order chi connectivity index (χ0) is 19.8. The van der Waals surface area contributed by atoms with E-state index in [9.17, 15) is 0 Å². The Morgan fingerprint density at radius 3 is 2.61 bits per heavy atom. The first-order valence-corrected chi connectivity index (χ1v) is 11.2. The monoisotopic (exact) mass is 399 g/mol. The van der Waals surface area contributed by atoms with Crippen LogP contribution in [0, 0.1) is 0 Å². The summed E-state index contributed by atoms with van der Waals surface area (Å²) in [6.45, 7) is 6.24. The van der Waals surface area contributed by atoms with Gasteiger partial charge >= 0.3 is 0 Å². The van der Waals surface area contributed by atoms with Gasteiger partial charge in [-0.3, -0.25) is 4.99 Å². The maximum Gasteiger partial charge on any atom is 0.193 e. The molecule has 2 heterocycles. The predicted molar refractivity (Wildman–Crippen MR) is 121 cm³/mol. The van der Waals surface area contributed by atoms with Crippen LogP contribution in [0.2, 0.25) is 0 Å². The highest BCUT2D eigenvalue weighted by Gasteiger charge is 2.11. The van der Waals surface area contributed by atoms with Gasteiger partial charge < -0.3 is 15.1 Å². The molecule has 3 rings (SSSR count). The summed E-state index contributed by atoms with van der Waals surface area (Å²) in [5, 5.41) is 4.65. The van der Waals surface area contributed by atoms with Gasteiger partial charge in [0.15, 0.2) is 5.96 Å². The molecule has 0 atom stereocenters. The minimum atomic E-state index is 0.844. The molecule has 0 unspecified atom stereocenters. The average molecular weight is 400 g/mol. The molecule has 2 aromatic rings. The topological polar surface area (TPSA) is 43.8 Å². The fraction of sp³-hybridized carbons (Fsp3) is 0.545. The van der Waals surface area contributed by atoms with Crippen LogP contribution >= 0.6 is 11.3 Å². The van der Waals surface area contributed by atoms with Crippen LogP contribution in [0.5, 0.6) is 0 Å². The number of guanidine groups is 1. The van der Waals surface area contributed by atoms with Crippen molar-refractivity contribution in [1.82, 2.24) is 15.2 Å². The second-order valence-corrected chi connectivity index (χ2v) is 8.57. The van der Waals surface area contributed by atoms with Crippen LogP contribution in [-0.4, -0.2) is 49.6 Å². The molecular weight excluding hydrogens is 366 g/mol. The second-order valence-electron chi connectivity index (χ2n) is 7.37. The third-order valence-corrected chi connectivity index (χ3v) is 6.42. The van der Waals surface area contributed by atoms with E-state index >= 15 is 0 Å². The van der Waals surface area contributed by atoms with Crippen LogP contribution in [0.1, 0.15) is 41.6 Å². The zero-order valence-corrected chi connectivity index (χ0v) is 18.3. The summed E-state index contributed by atoms with van der Waals surface area (Å²) < 4.78 is 0. The fourth-order valence-corrected chi connectivity index (χ4v) is 4.47. The smallest absolute Gasteiger partial charge is 0.193 e. The number of aromatic nitrogens is 1. The second kappa shape index (κ2) is 10.5. The third-order valence-electron chi connectivity index (χ3n) is 5.22. The molecule has 1 aliphatic heterocycles. The van der Waals surface area contributed by atoms with E-state index < -0.39 is 0 Å². The Bertz CT molecular complexity index is 747. The summed E-state index contributed by atoms with van der Waals surface area (Å²) in [5.74, 6) is 0.923. The van der Waals surface area contributed by atoms with Crippen molar-refractivity contribution in [2.45, 2.75) is 45.6 Å². The van der Waals surface area contributed by atoms with Crippen LogP contribution in [-0.2, 0) is 19.4 Å². The van der Waals surface area contributed by atoms with Crippen molar-refractivity contribution in [1.29, 1.82) is 0 Å². The molecule has 0 radical (unpaired) electrons. The number of benzene rings is 1. The highest BCUT2D eigenvalue weighted by molar-refractivity contribution is 7.11. The number of hydrogen-bond acceptors (Lipinski definition) is 4. The van der Waals surface area contributed by atoms with Crippen molar-refractivity contribution in [2.75, 3.05) is 38.6 Å². The Kier molecular flexibility index (Phi) is 7.71. The van der Waals surface area contributed by atoms with E-state index in [0.29, 0.717) is 0 Å². The summed E-state index contributed by atoms with van der Waals surface area (Å²) in [5.41, 5.74) is 2.65. The Balaban J connectivity index is 1.48. The minimum absolute atomic E-state index is 0.844. The van der Waals surface area contributed by atoms with Gasteiger partial charge in [-0.2, -0.15) is 0 Å². The standard InChI is InChI=1S/C22H33N5S/c1-4-20-16-25-21(28-20)12-13-24-22(23-2)26(3)17-18-8-10-19(11-9-18)27-14-6-5-7-15-27/h8-11,16H,4-7,12-15,17H2,1-3H3,(H,23,24). The van der Waals surface area contributed by atoms with E-state index in [1.165, 1.54) is 53.5 Å². The first-order valence-electron chi connectivity index (χ1n) is 10.4. The van der Waals surface area contributed by atoms with Crippen LogP contribution in [0.15, 0.2) is 35.5 Å². The highest BCUT2D eigenvalue weighted by Crippen LogP contribution is 2.20. The Morgan fingerprint density at radius 1 is 1.21 bits per heavy atom. The van der Waals surface area contributed by atoms with E-state index in [4.69, 9.17) is 0 Å². The summed E-state index contributed by atoms with van der Waals surface area (Å²) in [6, 6.07) is 9.02. The van der Waals surface area contributed by atoms with Crippen molar-refractivity contribution in [3.63, 3.8) is 0 Å². The van der Waals surface area contributed by atoms with Crippen molar-refractivity contribution in [3.8, 4) is 0 Å². The number of hydrogen-bond donors (Lipinski definition) is 1. The molecule has 0 spiro atoms. The lowest BCUT2D eigenvalue weighted by Gasteiger charge is -2.29. The first-order chi connectivity index (χ1) is 13.7. The van der Waals surface area contributed by atoms with Gasteiger partial charge in [0.2, 0.25) is 0 Å². The summed E-state index contributed by atoms with van der Waals surface area (Å²) in [4.78, 5) is 15.0. The number of anilines is 1. The molecule has 1 fully saturated rings. The third kappa shape index (κ3) is 5.71. The molecule has 6 heteroatoms. The molecule has 0 saturated carbocycles. The van der Waals surface area contributed by atoms with Crippen molar-refractivity contribution in [3.05, 3.63) is 45.9 Å². The molecule has 28 heavy (non-hydrogen) atoms. The lowest BCUT2D eigenvalue weighted by molar-refractivity contribution is 0.477. The van der Waals surface area contributed by atoms with Crippen LogP contribution < -0.4 is 10.2 Å². The predicted octanol–water partition coefficient (Wildman–Crippen LogP) is 3.95. The molecule has 1 N–H and O–H groups in total. The quantitative estimate of drug-likeness (QED) is 0.566. The molecule has 152 valence electrons. The number of aliphatic imine (C=N–C) groups is 1. The van der Waals surface area contributed by atoms with Gasteiger partial charge in [0.1, 0.15) is 0 Å². The fourth-order valence-electron chi connectivity index (χ4n) is 3.61. The van der Waals surface area contributed by atoms with Gasteiger partial charge in [0, 0.05) is 63.5 Å². The minimum Gasteiger partial charge on any atom is -0.372 e. The molecule has 0 amide bonds. The summed E-state index contributed by atoms with van der Waals surface area (Å²) >= 11 is 1.81. The van der Waals surface area contributed by atoms with Gasteiger partial charge in [-0.05, 0) is 43.4 Å². The number of thiazole rings is 1. The maximum absolute atomic E-state index is 4.49.